The molecule has 0 fully saturated rings. The fourth-order valence-corrected chi connectivity index (χ4v) is 1.90. The van der Waals surface area contributed by atoms with Crippen LogP contribution in [0.2, 0.25) is 0 Å². The molecule has 1 atom stereocenters. The largest absolute Gasteiger partial charge is 0.436 e. The number of nitrogens with zero attached hydrogens (tertiary/aromatic N) is 3. The summed E-state index contributed by atoms with van der Waals surface area (Å²) in [6, 6.07) is 3.35. The van der Waals surface area contributed by atoms with E-state index in [4.69, 9.17) is 10.5 Å². The Labute approximate surface area is 147 Å². The standard InChI is InChI=1S/C14H19N5O2.2ClH/c1-9(15)7-12(20)17-13-10(2)18-19(3)14(13)21-11-5-4-6-16-8-11;;/h4-6,8-9H,7,15H2,1-3H3,(H,17,20);2*1H. The van der Waals surface area contributed by atoms with E-state index in [-0.39, 0.29) is 43.2 Å². The molecule has 128 valence electrons. The summed E-state index contributed by atoms with van der Waals surface area (Å²) in [5.74, 6) is 0.860. The zero-order chi connectivity index (χ0) is 15.4. The Morgan fingerprint density at radius 1 is 1.48 bits per heavy atom. The molecule has 0 saturated carbocycles. The van der Waals surface area contributed by atoms with Crippen LogP contribution in [-0.4, -0.2) is 26.7 Å². The summed E-state index contributed by atoms with van der Waals surface area (Å²) >= 11 is 0. The van der Waals surface area contributed by atoms with Crippen LogP contribution in [0.4, 0.5) is 5.69 Å². The monoisotopic (exact) mass is 361 g/mol. The normalized spacial score (nSPS) is 11.0. The molecule has 2 heterocycles. The Morgan fingerprint density at radius 2 is 2.17 bits per heavy atom. The molecule has 23 heavy (non-hydrogen) atoms. The number of pyridine rings is 1. The number of nitrogens with two attached hydrogens (primary N) is 1. The highest BCUT2D eigenvalue weighted by molar-refractivity contribution is 5.93. The highest BCUT2D eigenvalue weighted by atomic mass is 35.5. The van der Waals surface area contributed by atoms with E-state index < -0.39 is 0 Å². The van der Waals surface area contributed by atoms with Crippen LogP contribution < -0.4 is 15.8 Å². The van der Waals surface area contributed by atoms with E-state index in [0.717, 1.165) is 0 Å². The average molecular weight is 362 g/mol. The molecule has 7 nitrogen and oxygen atoms in total. The van der Waals surface area contributed by atoms with E-state index in [2.05, 4.69) is 15.4 Å². The van der Waals surface area contributed by atoms with Crippen LogP contribution in [0.15, 0.2) is 24.5 Å². The third-order valence-corrected chi connectivity index (χ3v) is 2.79. The average Bonchev–Trinajstić information content (AvgIpc) is 2.66. The van der Waals surface area contributed by atoms with Gasteiger partial charge in [0.1, 0.15) is 11.4 Å². The Hall–Kier alpha value is -1.83. The molecule has 0 bridgehead atoms. The minimum atomic E-state index is -0.204. The van der Waals surface area contributed by atoms with Crippen LogP contribution >= 0.6 is 24.8 Å². The Bertz CT molecular complexity index is 632. The van der Waals surface area contributed by atoms with Crippen molar-refractivity contribution in [1.29, 1.82) is 0 Å². The first-order valence-corrected chi connectivity index (χ1v) is 6.64. The number of hydrogen-bond donors (Lipinski definition) is 2. The van der Waals surface area contributed by atoms with Crippen LogP contribution in [0.5, 0.6) is 11.6 Å². The molecular weight excluding hydrogens is 341 g/mol. The number of anilines is 1. The van der Waals surface area contributed by atoms with Gasteiger partial charge in [0.05, 0.1) is 11.9 Å². The minimum absolute atomic E-state index is 0. The summed E-state index contributed by atoms with van der Waals surface area (Å²) in [4.78, 5) is 15.9. The second-order valence-corrected chi connectivity index (χ2v) is 4.91. The molecule has 3 N–H and O–H groups in total. The summed E-state index contributed by atoms with van der Waals surface area (Å²) in [5.41, 5.74) is 6.85. The summed E-state index contributed by atoms with van der Waals surface area (Å²) in [7, 11) is 1.75. The maximum atomic E-state index is 11.9. The van der Waals surface area contributed by atoms with E-state index >= 15 is 0 Å². The van der Waals surface area contributed by atoms with E-state index in [0.29, 0.717) is 23.0 Å². The van der Waals surface area contributed by atoms with Crippen molar-refractivity contribution in [2.24, 2.45) is 12.8 Å². The van der Waals surface area contributed by atoms with Gasteiger partial charge >= 0.3 is 0 Å². The van der Waals surface area contributed by atoms with E-state index in [1.165, 1.54) is 0 Å². The topological polar surface area (TPSA) is 95.1 Å². The fourth-order valence-electron chi connectivity index (χ4n) is 1.90. The van der Waals surface area contributed by atoms with Crippen molar-refractivity contribution in [2.45, 2.75) is 26.3 Å². The third-order valence-electron chi connectivity index (χ3n) is 2.79. The van der Waals surface area contributed by atoms with Gasteiger partial charge in [-0.1, -0.05) is 0 Å². The molecule has 9 heteroatoms. The zero-order valence-corrected chi connectivity index (χ0v) is 14.8. The first kappa shape index (κ1) is 21.2. The van der Waals surface area contributed by atoms with Crippen LogP contribution in [-0.2, 0) is 11.8 Å². The molecular formula is C14H21Cl2N5O2. The smallest absolute Gasteiger partial charge is 0.241 e. The predicted molar refractivity (Wildman–Crippen MR) is 93.6 cm³/mol. The second-order valence-electron chi connectivity index (χ2n) is 4.91. The molecule has 0 aliphatic carbocycles. The number of hydrogen-bond acceptors (Lipinski definition) is 5. The van der Waals surface area contributed by atoms with E-state index in [1.807, 2.05) is 0 Å². The first-order chi connectivity index (χ1) is 9.97. The maximum Gasteiger partial charge on any atom is 0.241 e. The van der Waals surface area contributed by atoms with Crippen molar-refractivity contribution in [1.82, 2.24) is 14.8 Å². The number of halogens is 2. The summed E-state index contributed by atoms with van der Waals surface area (Å²) in [5, 5.41) is 7.07. The van der Waals surface area contributed by atoms with Crippen LogP contribution in [0, 0.1) is 6.92 Å². The lowest BCUT2D eigenvalue weighted by Gasteiger charge is -2.10. The number of aromatic nitrogens is 3. The molecule has 0 radical (unpaired) electrons. The Morgan fingerprint density at radius 3 is 2.74 bits per heavy atom. The number of amides is 1. The Balaban J connectivity index is 0.00000242. The van der Waals surface area contributed by atoms with Gasteiger partial charge in [0.2, 0.25) is 11.8 Å². The molecule has 0 spiro atoms. The van der Waals surface area contributed by atoms with Crippen molar-refractivity contribution in [3.8, 4) is 11.6 Å². The van der Waals surface area contributed by atoms with Gasteiger partial charge in [-0.2, -0.15) is 5.10 Å². The number of ether oxygens (including phenoxy) is 1. The predicted octanol–water partition coefficient (Wildman–Crippen LogP) is 2.44. The maximum absolute atomic E-state index is 11.9. The lowest BCUT2D eigenvalue weighted by atomic mass is 10.2. The van der Waals surface area contributed by atoms with E-state index in [1.54, 1.807) is 50.1 Å². The molecule has 2 rings (SSSR count). The first-order valence-electron chi connectivity index (χ1n) is 6.64. The van der Waals surface area contributed by atoms with Crippen molar-refractivity contribution >= 4 is 36.4 Å². The van der Waals surface area contributed by atoms with Gasteiger partial charge in [-0.25, -0.2) is 4.68 Å². The second kappa shape index (κ2) is 9.34. The molecule has 0 aromatic carbocycles. The van der Waals surface area contributed by atoms with Gasteiger partial charge in [-0.15, -0.1) is 24.8 Å². The SMILES string of the molecule is Cc1nn(C)c(Oc2cccnc2)c1NC(=O)CC(C)N.Cl.Cl. The summed E-state index contributed by atoms with van der Waals surface area (Å²) in [6.07, 6.45) is 3.49. The van der Waals surface area contributed by atoms with Gasteiger partial charge in [0, 0.05) is 25.7 Å². The highest BCUT2D eigenvalue weighted by Gasteiger charge is 2.18. The third kappa shape index (κ3) is 5.70. The van der Waals surface area contributed by atoms with Crippen molar-refractivity contribution < 1.29 is 9.53 Å². The summed E-state index contributed by atoms with van der Waals surface area (Å²) < 4.78 is 7.33. The Kier molecular flexibility index (Phi) is 8.60. The number of aryl methyl sites for hydroxylation is 2. The molecule has 0 saturated heterocycles. The van der Waals surface area contributed by atoms with Crippen LogP contribution in [0.25, 0.3) is 0 Å². The van der Waals surface area contributed by atoms with Crippen molar-refractivity contribution in [3.05, 3.63) is 30.2 Å². The molecule has 1 unspecified atom stereocenters. The molecule has 0 aliphatic rings. The van der Waals surface area contributed by atoms with Gasteiger partial charge < -0.3 is 15.8 Å². The van der Waals surface area contributed by atoms with E-state index in [9.17, 15) is 4.79 Å². The quantitative estimate of drug-likeness (QED) is 0.852. The fraction of sp³-hybridized carbons (Fsp3) is 0.357. The molecule has 2 aromatic heterocycles. The van der Waals surface area contributed by atoms with Gasteiger partial charge in [0.15, 0.2) is 0 Å². The van der Waals surface area contributed by atoms with Gasteiger partial charge in [-0.3, -0.25) is 9.78 Å². The highest BCUT2D eigenvalue weighted by Crippen LogP contribution is 2.31. The summed E-state index contributed by atoms with van der Waals surface area (Å²) in [6.45, 7) is 3.58. The molecule has 0 aliphatic heterocycles. The zero-order valence-electron chi connectivity index (χ0n) is 13.1. The van der Waals surface area contributed by atoms with Crippen molar-refractivity contribution in [2.75, 3.05) is 5.32 Å². The van der Waals surface area contributed by atoms with Crippen LogP contribution in [0.3, 0.4) is 0 Å². The van der Waals surface area contributed by atoms with Gasteiger partial charge in [-0.05, 0) is 26.0 Å². The minimum Gasteiger partial charge on any atom is -0.436 e. The van der Waals surface area contributed by atoms with Crippen molar-refractivity contribution in [3.63, 3.8) is 0 Å². The number of rotatable bonds is 5. The number of carbonyl (C=O) groups is 1. The number of carbonyl (C=O) groups excluding carboxylic acids is 1. The molecule has 2 aromatic rings. The van der Waals surface area contributed by atoms with Gasteiger partial charge in [0.25, 0.3) is 0 Å². The number of nitrogens with one attached hydrogen (secondary N) is 1. The van der Waals surface area contributed by atoms with Crippen LogP contribution in [0.1, 0.15) is 19.0 Å². The molecule has 1 amide bonds. The lowest BCUT2D eigenvalue weighted by molar-refractivity contribution is -0.116. The lowest BCUT2D eigenvalue weighted by Crippen LogP contribution is -2.24.